The van der Waals surface area contributed by atoms with Crippen molar-refractivity contribution in [1.82, 2.24) is 10.6 Å². The minimum absolute atomic E-state index is 0.151. The molecule has 0 bridgehead atoms. The Morgan fingerprint density at radius 2 is 1.88 bits per heavy atom. The van der Waals surface area contributed by atoms with Gasteiger partial charge in [-0.25, -0.2) is 4.79 Å². The molecule has 2 N–H and O–H groups in total. The van der Waals surface area contributed by atoms with Crippen molar-refractivity contribution in [2.45, 2.75) is 25.8 Å². The Labute approximate surface area is 145 Å². The number of esters is 1. The van der Waals surface area contributed by atoms with Gasteiger partial charge in [-0.3, -0.25) is 14.9 Å². The van der Waals surface area contributed by atoms with E-state index in [1.54, 1.807) is 12.1 Å². The molecule has 7 heteroatoms. The van der Waals surface area contributed by atoms with Crippen LogP contribution in [0.25, 0.3) is 0 Å². The van der Waals surface area contributed by atoms with E-state index in [2.05, 4.69) is 10.6 Å². The molecule has 0 saturated carbocycles. The summed E-state index contributed by atoms with van der Waals surface area (Å²) in [5.41, 5.74) is 0.826. The number of hydrogen-bond donors (Lipinski definition) is 2. The van der Waals surface area contributed by atoms with Crippen LogP contribution in [0.1, 0.15) is 30.6 Å². The maximum absolute atomic E-state index is 12.1. The third-order valence-corrected chi connectivity index (χ3v) is 3.50. The van der Waals surface area contributed by atoms with Crippen LogP contribution in [0.2, 0.25) is 0 Å². The van der Waals surface area contributed by atoms with Gasteiger partial charge in [0.2, 0.25) is 0 Å². The summed E-state index contributed by atoms with van der Waals surface area (Å²) in [6.45, 7) is 1.50. The van der Waals surface area contributed by atoms with Crippen molar-refractivity contribution in [2.24, 2.45) is 0 Å². The highest BCUT2D eigenvalue weighted by Crippen LogP contribution is 2.20. The lowest BCUT2D eigenvalue weighted by molar-refractivity contribution is -0.149. The minimum Gasteiger partial charge on any atom is -0.467 e. The summed E-state index contributed by atoms with van der Waals surface area (Å²) in [6.07, 6.45) is 2.03. The van der Waals surface area contributed by atoms with E-state index in [9.17, 15) is 14.4 Å². The van der Waals surface area contributed by atoms with Crippen molar-refractivity contribution >= 4 is 17.9 Å². The van der Waals surface area contributed by atoms with Gasteiger partial charge in [0.1, 0.15) is 5.76 Å². The topological polar surface area (TPSA) is 97.6 Å². The van der Waals surface area contributed by atoms with Gasteiger partial charge in [0, 0.05) is 0 Å². The molecule has 132 valence electrons. The summed E-state index contributed by atoms with van der Waals surface area (Å²) in [7, 11) is 0. The SMILES string of the molecule is CC[C@@H](C(=O)OCC(=O)NC(=O)NCc1ccco1)c1ccccc1. The first-order valence-electron chi connectivity index (χ1n) is 7.91. The van der Waals surface area contributed by atoms with Crippen LogP contribution in [0.5, 0.6) is 0 Å². The number of imide groups is 1. The van der Waals surface area contributed by atoms with Gasteiger partial charge in [-0.05, 0) is 24.1 Å². The molecule has 3 amide bonds. The number of carbonyl (C=O) groups is 3. The summed E-state index contributed by atoms with van der Waals surface area (Å²) < 4.78 is 10.1. The van der Waals surface area contributed by atoms with Crippen molar-refractivity contribution in [3.63, 3.8) is 0 Å². The normalized spacial score (nSPS) is 11.4. The fourth-order valence-corrected chi connectivity index (χ4v) is 2.25. The van der Waals surface area contributed by atoms with Gasteiger partial charge in [0.15, 0.2) is 6.61 Å². The molecule has 0 unspecified atom stereocenters. The van der Waals surface area contributed by atoms with Crippen LogP contribution in [-0.4, -0.2) is 24.5 Å². The predicted molar refractivity (Wildman–Crippen MR) is 89.5 cm³/mol. The van der Waals surface area contributed by atoms with Gasteiger partial charge in [0.25, 0.3) is 5.91 Å². The monoisotopic (exact) mass is 344 g/mol. The number of hydrogen-bond acceptors (Lipinski definition) is 5. The highest BCUT2D eigenvalue weighted by atomic mass is 16.5. The van der Waals surface area contributed by atoms with E-state index in [1.165, 1.54) is 6.26 Å². The third-order valence-electron chi connectivity index (χ3n) is 3.50. The number of furan rings is 1. The average Bonchev–Trinajstić information content (AvgIpc) is 3.13. The lowest BCUT2D eigenvalue weighted by atomic mass is 9.97. The molecule has 1 atom stereocenters. The number of amides is 3. The van der Waals surface area contributed by atoms with E-state index in [1.807, 2.05) is 37.3 Å². The van der Waals surface area contributed by atoms with Gasteiger partial charge < -0.3 is 14.5 Å². The van der Waals surface area contributed by atoms with E-state index >= 15 is 0 Å². The second-order valence-corrected chi connectivity index (χ2v) is 5.29. The van der Waals surface area contributed by atoms with Crippen molar-refractivity contribution < 1.29 is 23.5 Å². The molecule has 0 aliphatic carbocycles. The molecule has 0 saturated heterocycles. The van der Waals surface area contributed by atoms with Gasteiger partial charge in [0.05, 0.1) is 18.7 Å². The Morgan fingerprint density at radius 1 is 1.12 bits per heavy atom. The Balaban J connectivity index is 1.74. The van der Waals surface area contributed by atoms with E-state index < -0.39 is 30.4 Å². The van der Waals surface area contributed by atoms with Gasteiger partial charge in [-0.2, -0.15) is 0 Å². The first kappa shape index (κ1) is 18.3. The second-order valence-electron chi connectivity index (χ2n) is 5.29. The fraction of sp³-hybridized carbons (Fsp3) is 0.278. The number of benzene rings is 1. The molecule has 0 spiro atoms. The third kappa shape index (κ3) is 5.80. The molecular weight excluding hydrogens is 324 g/mol. The van der Waals surface area contributed by atoms with Crippen molar-refractivity contribution in [3.8, 4) is 0 Å². The van der Waals surface area contributed by atoms with Gasteiger partial charge >= 0.3 is 12.0 Å². The van der Waals surface area contributed by atoms with Crippen LogP contribution in [0.4, 0.5) is 4.79 Å². The zero-order valence-electron chi connectivity index (χ0n) is 13.9. The standard InChI is InChI=1S/C18H20N2O5/c1-2-15(13-7-4-3-5-8-13)17(22)25-12-16(21)20-18(23)19-11-14-9-6-10-24-14/h3-10,15H,2,11-12H2,1H3,(H2,19,20,21,23)/t15-/m1/s1. The molecular formula is C18H20N2O5. The molecule has 0 aliphatic rings. The lowest BCUT2D eigenvalue weighted by Crippen LogP contribution is -2.41. The minimum atomic E-state index is -0.701. The van der Waals surface area contributed by atoms with Crippen LogP contribution >= 0.6 is 0 Å². The Morgan fingerprint density at radius 3 is 2.52 bits per heavy atom. The Hall–Kier alpha value is -3.09. The summed E-state index contributed by atoms with van der Waals surface area (Å²) in [6, 6.07) is 11.9. The quantitative estimate of drug-likeness (QED) is 0.751. The molecule has 0 aliphatic heterocycles. The van der Waals surface area contributed by atoms with Crippen LogP contribution in [-0.2, 0) is 20.9 Å². The number of rotatable bonds is 7. The molecule has 0 radical (unpaired) electrons. The summed E-state index contributed by atoms with van der Waals surface area (Å²) in [4.78, 5) is 35.4. The summed E-state index contributed by atoms with van der Waals surface area (Å²) >= 11 is 0. The highest BCUT2D eigenvalue weighted by Gasteiger charge is 2.21. The maximum Gasteiger partial charge on any atom is 0.321 e. The van der Waals surface area contributed by atoms with E-state index in [0.717, 1.165) is 5.56 Å². The van der Waals surface area contributed by atoms with Crippen LogP contribution in [0.3, 0.4) is 0 Å². The fourth-order valence-electron chi connectivity index (χ4n) is 2.25. The van der Waals surface area contributed by atoms with Gasteiger partial charge in [-0.1, -0.05) is 37.3 Å². The van der Waals surface area contributed by atoms with Crippen molar-refractivity contribution in [2.75, 3.05) is 6.61 Å². The van der Waals surface area contributed by atoms with Crippen molar-refractivity contribution in [3.05, 3.63) is 60.1 Å². The van der Waals surface area contributed by atoms with E-state index in [-0.39, 0.29) is 6.54 Å². The zero-order valence-corrected chi connectivity index (χ0v) is 13.9. The number of urea groups is 1. The molecule has 2 rings (SSSR count). The van der Waals surface area contributed by atoms with E-state index in [4.69, 9.17) is 9.15 Å². The molecule has 7 nitrogen and oxygen atoms in total. The molecule has 1 aromatic heterocycles. The Bertz CT molecular complexity index is 698. The summed E-state index contributed by atoms with van der Waals surface area (Å²) in [5, 5.41) is 4.54. The second kappa shape index (κ2) is 9.27. The molecule has 25 heavy (non-hydrogen) atoms. The number of ether oxygens (including phenoxy) is 1. The molecule has 1 aromatic carbocycles. The first-order chi connectivity index (χ1) is 12.1. The number of nitrogens with one attached hydrogen (secondary N) is 2. The number of carbonyl (C=O) groups excluding carboxylic acids is 3. The highest BCUT2D eigenvalue weighted by molar-refractivity contribution is 5.95. The molecule has 0 fully saturated rings. The van der Waals surface area contributed by atoms with Crippen molar-refractivity contribution in [1.29, 1.82) is 0 Å². The smallest absolute Gasteiger partial charge is 0.321 e. The average molecular weight is 344 g/mol. The molecule has 2 aromatic rings. The lowest BCUT2D eigenvalue weighted by Gasteiger charge is -2.14. The van der Waals surface area contributed by atoms with Gasteiger partial charge in [-0.15, -0.1) is 0 Å². The summed E-state index contributed by atoms with van der Waals surface area (Å²) in [5.74, 6) is -1.09. The predicted octanol–water partition coefficient (Wildman–Crippen LogP) is 2.34. The van der Waals surface area contributed by atoms with Crippen LogP contribution in [0.15, 0.2) is 53.1 Å². The maximum atomic E-state index is 12.1. The zero-order chi connectivity index (χ0) is 18.1. The first-order valence-corrected chi connectivity index (χ1v) is 7.91. The molecule has 1 heterocycles. The van der Waals surface area contributed by atoms with E-state index in [0.29, 0.717) is 12.2 Å². The van der Waals surface area contributed by atoms with Crippen LogP contribution in [0, 0.1) is 0 Å². The van der Waals surface area contributed by atoms with Crippen LogP contribution < -0.4 is 10.6 Å². The Kier molecular flexibility index (Phi) is 6.76. The largest absolute Gasteiger partial charge is 0.467 e.